The molecule has 0 unspecified atom stereocenters. The zero-order valence-corrected chi connectivity index (χ0v) is 12.5. The zero-order chi connectivity index (χ0) is 15.8. The Kier molecular flexibility index (Phi) is 3.13. The van der Waals surface area contributed by atoms with Crippen LogP contribution in [0.4, 0.5) is 10.8 Å². The average molecular weight is 322 g/mol. The Morgan fingerprint density at radius 2 is 1.74 bits per heavy atom. The number of phenols is 1. The van der Waals surface area contributed by atoms with Gasteiger partial charge in [0, 0.05) is 5.56 Å². The number of carbonyl (C=O) groups is 1. The second kappa shape index (κ2) is 5.29. The van der Waals surface area contributed by atoms with Gasteiger partial charge in [0.25, 0.3) is 5.91 Å². The van der Waals surface area contributed by atoms with E-state index < -0.39 is 0 Å². The van der Waals surface area contributed by atoms with Gasteiger partial charge in [0.05, 0.1) is 11.3 Å². The van der Waals surface area contributed by atoms with E-state index >= 15 is 0 Å². The monoisotopic (exact) mass is 322 g/mol. The minimum atomic E-state index is -0.259. The van der Waals surface area contributed by atoms with Crippen molar-refractivity contribution in [3.05, 3.63) is 54.1 Å². The smallest absolute Gasteiger partial charge is 0.275 e. The summed E-state index contributed by atoms with van der Waals surface area (Å²) in [6, 6.07) is 14.2. The highest BCUT2D eigenvalue weighted by molar-refractivity contribution is 7.18. The second-order valence-corrected chi connectivity index (χ2v) is 5.82. The lowest BCUT2D eigenvalue weighted by atomic mass is 10.1. The molecule has 1 amide bonds. The molecule has 23 heavy (non-hydrogen) atoms. The number of benzene rings is 2. The number of nitrogens with one attached hydrogen (secondary N) is 1. The average Bonchev–Trinajstić information content (AvgIpc) is 3.14. The summed E-state index contributed by atoms with van der Waals surface area (Å²) in [5.74, 6) is -0.127. The van der Waals surface area contributed by atoms with Crippen LogP contribution in [0, 0.1) is 0 Å². The van der Waals surface area contributed by atoms with E-state index in [0.29, 0.717) is 21.4 Å². The molecule has 1 aromatic heterocycles. The highest BCUT2D eigenvalue weighted by Gasteiger charge is 2.26. The molecule has 2 aromatic carbocycles. The summed E-state index contributed by atoms with van der Waals surface area (Å²) in [7, 11) is 0. The number of rotatable bonds is 2. The Bertz CT molecular complexity index is 949. The summed E-state index contributed by atoms with van der Waals surface area (Å²) >= 11 is 1.21. The molecule has 0 saturated heterocycles. The minimum Gasteiger partial charge on any atom is -0.507 e. The van der Waals surface area contributed by atoms with Gasteiger partial charge in [-0.15, -0.1) is 10.2 Å². The number of aliphatic imine (C=N–C) groups is 1. The third kappa shape index (κ3) is 2.36. The topological polar surface area (TPSA) is 87.5 Å². The van der Waals surface area contributed by atoms with Crippen LogP contribution in [0.1, 0.15) is 5.56 Å². The van der Waals surface area contributed by atoms with Crippen molar-refractivity contribution in [1.29, 1.82) is 0 Å². The predicted molar refractivity (Wildman–Crippen MR) is 88.3 cm³/mol. The molecule has 0 aliphatic carbocycles. The van der Waals surface area contributed by atoms with Gasteiger partial charge in [-0.2, -0.15) is 0 Å². The summed E-state index contributed by atoms with van der Waals surface area (Å²) in [6.07, 6.45) is 0. The van der Waals surface area contributed by atoms with Gasteiger partial charge in [-0.25, -0.2) is 4.99 Å². The van der Waals surface area contributed by atoms with Gasteiger partial charge in [-0.05, 0) is 18.2 Å². The van der Waals surface area contributed by atoms with Crippen LogP contribution in [0.25, 0.3) is 10.6 Å². The molecule has 0 saturated carbocycles. The van der Waals surface area contributed by atoms with Gasteiger partial charge in [0.1, 0.15) is 11.5 Å². The van der Waals surface area contributed by atoms with Crippen LogP contribution < -0.4 is 5.32 Å². The van der Waals surface area contributed by atoms with Crippen molar-refractivity contribution < 1.29 is 9.90 Å². The summed E-state index contributed by atoms with van der Waals surface area (Å²) in [5, 5.41) is 21.6. The SMILES string of the molecule is O=C1Nc2ccccc2C1=Nc1nnc(-c2ccccc2O)s1. The lowest BCUT2D eigenvalue weighted by Crippen LogP contribution is -2.13. The largest absolute Gasteiger partial charge is 0.507 e. The predicted octanol–water partition coefficient (Wildman–Crippen LogP) is 2.98. The second-order valence-electron chi connectivity index (χ2n) is 4.87. The van der Waals surface area contributed by atoms with Crippen molar-refractivity contribution >= 4 is 33.8 Å². The molecule has 4 rings (SSSR count). The Morgan fingerprint density at radius 1 is 1.00 bits per heavy atom. The van der Waals surface area contributed by atoms with Crippen molar-refractivity contribution in [2.45, 2.75) is 0 Å². The molecule has 0 fully saturated rings. The summed E-state index contributed by atoms with van der Waals surface area (Å²) in [4.78, 5) is 16.4. The summed E-state index contributed by atoms with van der Waals surface area (Å²) < 4.78 is 0. The first-order chi connectivity index (χ1) is 11.2. The molecule has 0 bridgehead atoms. The Hall–Kier alpha value is -3.06. The van der Waals surface area contributed by atoms with E-state index in [4.69, 9.17) is 0 Å². The molecule has 3 aromatic rings. The van der Waals surface area contributed by atoms with E-state index in [0.717, 1.165) is 11.3 Å². The van der Waals surface area contributed by atoms with Crippen LogP contribution in [-0.4, -0.2) is 26.9 Å². The normalized spacial score (nSPS) is 14.8. The van der Waals surface area contributed by atoms with E-state index in [1.54, 1.807) is 18.2 Å². The fourth-order valence-electron chi connectivity index (χ4n) is 2.33. The molecule has 1 aliphatic rings. The van der Waals surface area contributed by atoms with Gasteiger partial charge < -0.3 is 10.4 Å². The van der Waals surface area contributed by atoms with Crippen molar-refractivity contribution in [3.63, 3.8) is 0 Å². The van der Waals surface area contributed by atoms with Crippen molar-refractivity contribution in [3.8, 4) is 16.3 Å². The van der Waals surface area contributed by atoms with Gasteiger partial charge in [0.2, 0.25) is 5.13 Å². The van der Waals surface area contributed by atoms with Crippen molar-refractivity contribution in [2.75, 3.05) is 5.32 Å². The molecule has 112 valence electrons. The highest BCUT2D eigenvalue weighted by atomic mass is 32.1. The summed E-state index contributed by atoms with van der Waals surface area (Å²) in [6.45, 7) is 0. The number of fused-ring (bicyclic) bond motifs is 1. The lowest BCUT2D eigenvalue weighted by molar-refractivity contribution is -0.110. The van der Waals surface area contributed by atoms with E-state index in [1.807, 2.05) is 30.3 Å². The molecule has 6 nitrogen and oxygen atoms in total. The number of aromatic hydroxyl groups is 1. The fraction of sp³-hybridized carbons (Fsp3) is 0. The number of hydrogen-bond acceptors (Lipinski definition) is 6. The van der Waals surface area contributed by atoms with E-state index in [2.05, 4.69) is 20.5 Å². The van der Waals surface area contributed by atoms with Gasteiger partial charge in [0.15, 0.2) is 5.01 Å². The number of amides is 1. The van der Waals surface area contributed by atoms with Crippen molar-refractivity contribution in [1.82, 2.24) is 10.2 Å². The molecule has 1 aliphatic heterocycles. The maximum Gasteiger partial charge on any atom is 0.275 e. The molecular formula is C16H10N4O2S. The van der Waals surface area contributed by atoms with E-state index in [1.165, 1.54) is 11.3 Å². The quantitative estimate of drug-likeness (QED) is 0.759. The highest BCUT2D eigenvalue weighted by Crippen LogP contribution is 2.34. The number of anilines is 1. The Labute approximate surface area is 135 Å². The fourth-order valence-corrected chi connectivity index (χ4v) is 3.09. The molecule has 0 spiro atoms. The van der Waals surface area contributed by atoms with Gasteiger partial charge in [-0.3, -0.25) is 4.79 Å². The Morgan fingerprint density at radius 3 is 2.57 bits per heavy atom. The first kappa shape index (κ1) is 13.6. The molecule has 0 atom stereocenters. The third-order valence-corrected chi connectivity index (χ3v) is 4.25. The molecule has 0 radical (unpaired) electrons. The van der Waals surface area contributed by atoms with Crippen LogP contribution in [0.15, 0.2) is 53.5 Å². The number of hydrogen-bond donors (Lipinski definition) is 2. The molecular weight excluding hydrogens is 312 g/mol. The standard InChI is InChI=1S/C16H10N4O2S/c21-12-8-4-2-6-10(12)15-19-20-16(23-15)18-13-9-5-1-3-7-11(9)17-14(13)22/h1-8,21H,(H,17,18,20,22). The minimum absolute atomic E-state index is 0.131. The van der Waals surface area contributed by atoms with Crippen LogP contribution in [0.2, 0.25) is 0 Å². The van der Waals surface area contributed by atoms with Crippen molar-refractivity contribution in [2.24, 2.45) is 4.99 Å². The van der Waals surface area contributed by atoms with Crippen LogP contribution in [0.3, 0.4) is 0 Å². The first-order valence-electron chi connectivity index (χ1n) is 6.84. The van der Waals surface area contributed by atoms with Crippen LogP contribution in [0.5, 0.6) is 5.75 Å². The summed E-state index contributed by atoms with van der Waals surface area (Å²) in [5.41, 5.74) is 2.40. The zero-order valence-electron chi connectivity index (χ0n) is 11.7. The lowest BCUT2D eigenvalue weighted by Gasteiger charge is -1.97. The number of aromatic nitrogens is 2. The molecule has 2 heterocycles. The van der Waals surface area contributed by atoms with Crippen LogP contribution in [-0.2, 0) is 4.79 Å². The first-order valence-corrected chi connectivity index (χ1v) is 7.65. The maximum atomic E-state index is 12.0. The number of carbonyl (C=O) groups excluding carboxylic acids is 1. The maximum absolute atomic E-state index is 12.0. The molecule has 7 heteroatoms. The van der Waals surface area contributed by atoms with E-state index in [-0.39, 0.29) is 11.7 Å². The third-order valence-electron chi connectivity index (χ3n) is 3.40. The van der Waals surface area contributed by atoms with Crippen LogP contribution >= 0.6 is 11.3 Å². The number of nitrogens with zero attached hydrogens (tertiary/aromatic N) is 3. The number of phenolic OH excluding ortho intramolecular Hbond substituents is 1. The van der Waals surface area contributed by atoms with Gasteiger partial charge >= 0.3 is 0 Å². The Balaban J connectivity index is 1.74. The molecule has 2 N–H and O–H groups in total. The van der Waals surface area contributed by atoms with E-state index in [9.17, 15) is 9.90 Å². The van der Waals surface area contributed by atoms with Gasteiger partial charge in [-0.1, -0.05) is 41.7 Å². The number of para-hydroxylation sites is 2.